The molecule has 0 aliphatic carbocycles. The van der Waals surface area contributed by atoms with Gasteiger partial charge in [0.1, 0.15) is 30.0 Å². The molecule has 0 fully saturated rings. The molecule has 7 nitrogen and oxygen atoms in total. The summed E-state index contributed by atoms with van der Waals surface area (Å²) in [6.45, 7) is 6.99. The number of carbonyl (C=O) groups excluding carboxylic acids is 1. The Morgan fingerprint density at radius 2 is 1.69 bits per heavy atom. The Labute approximate surface area is 247 Å². The number of thiazole rings is 1. The van der Waals surface area contributed by atoms with E-state index >= 15 is 0 Å². The first kappa shape index (κ1) is 29.0. The Balaban J connectivity index is 1.63. The van der Waals surface area contributed by atoms with Crippen molar-refractivity contribution in [1.29, 1.82) is 0 Å². The maximum absolute atomic E-state index is 14.1. The van der Waals surface area contributed by atoms with Crippen molar-refractivity contribution in [2.45, 2.75) is 33.4 Å². The fourth-order valence-corrected chi connectivity index (χ4v) is 6.11. The summed E-state index contributed by atoms with van der Waals surface area (Å²) in [7, 11) is 1.58. The lowest BCUT2D eigenvalue weighted by atomic mass is 9.94. The third-order valence-corrected chi connectivity index (χ3v) is 8.23. The summed E-state index contributed by atoms with van der Waals surface area (Å²) < 4.78 is 27.1. The Bertz CT molecular complexity index is 1820. The van der Waals surface area contributed by atoms with E-state index in [9.17, 15) is 14.0 Å². The molecular formula is C33H32FN3O4S. The first-order valence-corrected chi connectivity index (χ1v) is 14.6. The molecular weight excluding hydrogens is 553 g/mol. The van der Waals surface area contributed by atoms with Crippen LogP contribution in [0.5, 0.6) is 11.5 Å². The van der Waals surface area contributed by atoms with E-state index in [1.807, 2.05) is 69.3 Å². The van der Waals surface area contributed by atoms with Crippen LogP contribution in [-0.2, 0) is 11.4 Å². The van der Waals surface area contributed by atoms with Gasteiger partial charge in [-0.2, -0.15) is 0 Å². The van der Waals surface area contributed by atoms with Gasteiger partial charge >= 0.3 is 0 Å². The molecule has 1 atom stereocenters. The minimum Gasteiger partial charge on any atom is -0.496 e. The van der Waals surface area contributed by atoms with Crippen LogP contribution in [0.3, 0.4) is 0 Å². The summed E-state index contributed by atoms with van der Waals surface area (Å²) in [5, 5.41) is 0. The van der Waals surface area contributed by atoms with Gasteiger partial charge in [-0.15, -0.1) is 0 Å². The van der Waals surface area contributed by atoms with Crippen molar-refractivity contribution in [3.05, 3.63) is 126 Å². The molecule has 5 rings (SSSR count). The van der Waals surface area contributed by atoms with Crippen LogP contribution in [-0.4, -0.2) is 35.6 Å². The van der Waals surface area contributed by atoms with Crippen LogP contribution in [0.1, 0.15) is 43.5 Å². The quantitative estimate of drug-likeness (QED) is 0.282. The normalized spacial score (nSPS) is 14.8. The van der Waals surface area contributed by atoms with Crippen LogP contribution in [0.2, 0.25) is 0 Å². The minimum atomic E-state index is -0.711. The molecule has 0 bridgehead atoms. The maximum Gasteiger partial charge on any atom is 0.271 e. The van der Waals surface area contributed by atoms with Crippen molar-refractivity contribution in [2.24, 2.45) is 4.99 Å². The fraction of sp³-hybridized carbons (Fsp3) is 0.242. The molecule has 0 saturated heterocycles. The summed E-state index contributed by atoms with van der Waals surface area (Å²) in [4.78, 5) is 34.9. The first-order valence-electron chi connectivity index (χ1n) is 13.8. The lowest BCUT2D eigenvalue weighted by molar-refractivity contribution is -0.127. The van der Waals surface area contributed by atoms with Gasteiger partial charge in [-0.1, -0.05) is 59.9 Å². The van der Waals surface area contributed by atoms with Crippen molar-refractivity contribution in [3.8, 4) is 11.5 Å². The zero-order valence-corrected chi connectivity index (χ0v) is 24.8. The van der Waals surface area contributed by atoms with Crippen LogP contribution < -0.4 is 24.4 Å². The molecule has 0 spiro atoms. The van der Waals surface area contributed by atoms with Crippen molar-refractivity contribution >= 4 is 23.3 Å². The van der Waals surface area contributed by atoms with Crippen LogP contribution >= 0.6 is 11.3 Å². The number of likely N-dealkylation sites (N-methyl/N-ethyl adjacent to an activating group) is 1. The Morgan fingerprint density at radius 1 is 1.02 bits per heavy atom. The van der Waals surface area contributed by atoms with E-state index in [1.54, 1.807) is 34.8 Å². The smallest absolute Gasteiger partial charge is 0.271 e. The predicted octanol–water partition coefficient (Wildman–Crippen LogP) is 4.83. The maximum atomic E-state index is 14.1. The zero-order valence-electron chi connectivity index (χ0n) is 24.0. The summed E-state index contributed by atoms with van der Waals surface area (Å²) >= 11 is 1.26. The average molecular weight is 586 g/mol. The van der Waals surface area contributed by atoms with Crippen LogP contribution in [0.15, 0.2) is 93.9 Å². The highest BCUT2D eigenvalue weighted by molar-refractivity contribution is 7.07. The van der Waals surface area contributed by atoms with Gasteiger partial charge in [0, 0.05) is 24.2 Å². The highest BCUT2D eigenvalue weighted by Crippen LogP contribution is 2.36. The standard InChI is InChI=1S/C33H32FN3O4S/c1-5-36(6-2)32(39)29-21(3)35-33-37(30(29)25-12-8-10-14-27(25)40-4)31(38)28(42-33)19-23-11-7-9-13-26(23)41-20-22-15-17-24(34)18-16-22/h7-19,30H,5-6,20H2,1-4H3/b28-19+/t30-/m0/s1. The van der Waals surface area contributed by atoms with E-state index < -0.39 is 6.04 Å². The summed E-state index contributed by atoms with van der Waals surface area (Å²) in [6, 6.07) is 20.3. The molecule has 4 aromatic rings. The Hall–Kier alpha value is -4.50. The SMILES string of the molecule is CCN(CC)C(=O)C1=C(C)N=c2s/c(=C/c3ccccc3OCc3ccc(F)cc3)c(=O)n2[C@H]1c1ccccc1OC. The number of benzene rings is 3. The summed E-state index contributed by atoms with van der Waals surface area (Å²) in [5.74, 6) is 0.697. The number of methoxy groups -OCH3 is 1. The third-order valence-electron chi connectivity index (χ3n) is 7.25. The number of allylic oxidation sites excluding steroid dienone is 1. The van der Waals surface area contributed by atoms with Crippen molar-refractivity contribution < 1.29 is 18.7 Å². The molecule has 1 aliphatic rings. The van der Waals surface area contributed by atoms with Crippen molar-refractivity contribution in [1.82, 2.24) is 9.47 Å². The molecule has 42 heavy (non-hydrogen) atoms. The molecule has 216 valence electrons. The molecule has 1 amide bonds. The number of carbonyl (C=O) groups is 1. The van der Waals surface area contributed by atoms with E-state index in [2.05, 4.69) is 0 Å². The molecule has 2 heterocycles. The molecule has 1 aliphatic heterocycles. The Kier molecular flexibility index (Phi) is 8.68. The second kappa shape index (κ2) is 12.6. The molecule has 1 aromatic heterocycles. The minimum absolute atomic E-state index is 0.161. The molecule has 0 unspecified atom stereocenters. The monoisotopic (exact) mass is 585 g/mol. The lowest BCUT2D eigenvalue weighted by Crippen LogP contribution is -2.43. The molecule has 0 saturated carbocycles. The topological polar surface area (TPSA) is 73.1 Å². The highest BCUT2D eigenvalue weighted by atomic mass is 32.1. The number of ether oxygens (including phenoxy) is 2. The fourth-order valence-electron chi connectivity index (χ4n) is 5.08. The lowest BCUT2D eigenvalue weighted by Gasteiger charge is -2.29. The van der Waals surface area contributed by atoms with E-state index in [0.29, 0.717) is 56.3 Å². The van der Waals surface area contributed by atoms with Crippen molar-refractivity contribution in [3.63, 3.8) is 0 Å². The highest BCUT2D eigenvalue weighted by Gasteiger charge is 2.35. The Morgan fingerprint density at radius 3 is 2.38 bits per heavy atom. The van der Waals surface area contributed by atoms with E-state index in [0.717, 1.165) is 5.56 Å². The molecule has 3 aromatic carbocycles. The molecule has 0 N–H and O–H groups in total. The second-order valence-electron chi connectivity index (χ2n) is 9.75. The van der Waals surface area contributed by atoms with Gasteiger partial charge in [0.05, 0.1) is 22.9 Å². The third kappa shape index (κ3) is 5.65. The van der Waals surface area contributed by atoms with Crippen LogP contribution in [0, 0.1) is 5.82 Å². The average Bonchev–Trinajstić information content (AvgIpc) is 3.31. The predicted molar refractivity (Wildman–Crippen MR) is 162 cm³/mol. The van der Waals surface area contributed by atoms with E-state index in [-0.39, 0.29) is 23.9 Å². The first-order chi connectivity index (χ1) is 20.4. The molecule has 0 radical (unpaired) electrons. The zero-order chi connectivity index (χ0) is 29.8. The van der Waals surface area contributed by atoms with E-state index in [1.165, 1.54) is 23.5 Å². The van der Waals surface area contributed by atoms with Gasteiger partial charge in [0.25, 0.3) is 11.5 Å². The van der Waals surface area contributed by atoms with Crippen LogP contribution in [0.4, 0.5) is 4.39 Å². The summed E-state index contributed by atoms with van der Waals surface area (Å²) in [5.41, 5.74) is 3.00. The number of hydrogen-bond acceptors (Lipinski definition) is 6. The molecule has 9 heteroatoms. The summed E-state index contributed by atoms with van der Waals surface area (Å²) in [6.07, 6.45) is 1.79. The largest absolute Gasteiger partial charge is 0.496 e. The second-order valence-corrected chi connectivity index (χ2v) is 10.8. The number of rotatable bonds is 9. The van der Waals surface area contributed by atoms with E-state index in [4.69, 9.17) is 14.5 Å². The number of para-hydroxylation sites is 2. The van der Waals surface area contributed by atoms with Crippen LogP contribution in [0.25, 0.3) is 6.08 Å². The van der Waals surface area contributed by atoms with Gasteiger partial charge in [-0.25, -0.2) is 9.38 Å². The number of amides is 1. The number of nitrogens with zero attached hydrogens (tertiary/aromatic N) is 3. The number of halogens is 1. The van der Waals surface area contributed by atoms with Gasteiger partial charge in [0.15, 0.2) is 4.80 Å². The number of hydrogen-bond donors (Lipinski definition) is 0. The van der Waals surface area contributed by atoms with Crippen molar-refractivity contribution in [2.75, 3.05) is 20.2 Å². The van der Waals surface area contributed by atoms with Gasteiger partial charge in [-0.3, -0.25) is 14.2 Å². The van der Waals surface area contributed by atoms with Gasteiger partial charge < -0.3 is 14.4 Å². The number of fused-ring (bicyclic) bond motifs is 1. The number of aromatic nitrogens is 1. The van der Waals surface area contributed by atoms with Gasteiger partial charge in [-0.05, 0) is 56.7 Å². The van der Waals surface area contributed by atoms with Gasteiger partial charge in [0.2, 0.25) is 0 Å².